The van der Waals surface area contributed by atoms with E-state index in [0.29, 0.717) is 23.3 Å². The van der Waals surface area contributed by atoms with Gasteiger partial charge in [0.05, 0.1) is 5.56 Å². The number of nitrogens with one attached hydrogen (secondary N) is 1. The summed E-state index contributed by atoms with van der Waals surface area (Å²) in [6.07, 6.45) is 3.27. The molecule has 1 N–H and O–H groups in total. The van der Waals surface area contributed by atoms with Gasteiger partial charge in [-0.05, 0) is 54.8 Å². The van der Waals surface area contributed by atoms with Crippen LogP contribution in [0, 0.1) is 19.7 Å². The fourth-order valence-electron chi connectivity index (χ4n) is 3.51. The molecule has 0 aliphatic carbocycles. The summed E-state index contributed by atoms with van der Waals surface area (Å²) < 4.78 is 15.0. The lowest BCUT2D eigenvalue weighted by atomic mass is 10.1. The Hall–Kier alpha value is -3.80. The van der Waals surface area contributed by atoms with Crippen molar-refractivity contribution in [3.63, 3.8) is 0 Å². The van der Waals surface area contributed by atoms with Crippen LogP contribution in [0.5, 0.6) is 0 Å². The number of amides is 1. The fourth-order valence-corrected chi connectivity index (χ4v) is 3.51. The van der Waals surface area contributed by atoms with Crippen LogP contribution < -0.4 is 5.32 Å². The topological polar surface area (TPSA) is 64.0 Å². The minimum atomic E-state index is -0.697. The third kappa shape index (κ3) is 3.72. The molecule has 2 heterocycles. The summed E-state index contributed by atoms with van der Waals surface area (Å²) >= 11 is 0. The van der Waals surface area contributed by atoms with E-state index in [-0.39, 0.29) is 11.4 Å². The molecular formula is C24H20FN3O2. The smallest absolute Gasteiger partial charge is 0.296 e. The summed E-state index contributed by atoms with van der Waals surface area (Å²) in [5.41, 5.74) is 4.14. The number of fused-ring (bicyclic) bond motifs is 1. The van der Waals surface area contributed by atoms with Gasteiger partial charge in [-0.15, -0.1) is 0 Å². The van der Waals surface area contributed by atoms with Crippen LogP contribution in [0.25, 0.3) is 11.0 Å². The van der Waals surface area contributed by atoms with Crippen LogP contribution in [0.1, 0.15) is 27.0 Å². The number of aryl methyl sites for hydroxylation is 2. The second-order valence-electron chi connectivity index (χ2n) is 7.22. The van der Waals surface area contributed by atoms with E-state index in [1.54, 1.807) is 41.2 Å². The molecule has 4 rings (SSSR count). The highest BCUT2D eigenvalue weighted by Gasteiger charge is 2.23. The highest BCUT2D eigenvalue weighted by atomic mass is 19.1. The molecule has 0 fully saturated rings. The highest BCUT2D eigenvalue weighted by molar-refractivity contribution is 6.48. The Kier molecular flexibility index (Phi) is 5.14. The molecule has 0 saturated carbocycles. The first-order valence-electron chi connectivity index (χ1n) is 9.54. The van der Waals surface area contributed by atoms with Crippen LogP contribution in [0.2, 0.25) is 0 Å². The van der Waals surface area contributed by atoms with Crippen LogP contribution in [0.15, 0.2) is 67.0 Å². The number of hydrogen-bond acceptors (Lipinski definition) is 3. The lowest BCUT2D eigenvalue weighted by Crippen LogP contribution is -2.23. The number of hydrogen-bond donors (Lipinski definition) is 1. The summed E-state index contributed by atoms with van der Waals surface area (Å²) in [5, 5.41) is 3.35. The second kappa shape index (κ2) is 7.91. The van der Waals surface area contributed by atoms with Gasteiger partial charge >= 0.3 is 0 Å². The van der Waals surface area contributed by atoms with E-state index >= 15 is 0 Å². The minimum Gasteiger partial charge on any atom is -0.327 e. The molecule has 0 radical (unpaired) electrons. The molecule has 2 aromatic heterocycles. The SMILES string of the molecule is Cc1cccc(C)c1NC(=O)C(=O)c1cn(Cc2ccc(F)cc2)c2ncccc12. The first-order chi connectivity index (χ1) is 14.4. The van der Waals surface area contributed by atoms with Crippen LogP contribution in [-0.4, -0.2) is 21.2 Å². The molecule has 5 nitrogen and oxygen atoms in total. The van der Waals surface area contributed by atoms with Gasteiger partial charge in [0.15, 0.2) is 0 Å². The van der Waals surface area contributed by atoms with Gasteiger partial charge in [0.1, 0.15) is 11.5 Å². The molecule has 0 saturated heterocycles. The van der Waals surface area contributed by atoms with Crippen LogP contribution in [0.3, 0.4) is 0 Å². The van der Waals surface area contributed by atoms with Crippen molar-refractivity contribution < 1.29 is 14.0 Å². The Morgan fingerprint density at radius 1 is 1.00 bits per heavy atom. The molecule has 150 valence electrons. The van der Waals surface area contributed by atoms with Gasteiger partial charge in [-0.25, -0.2) is 9.37 Å². The van der Waals surface area contributed by atoms with E-state index in [2.05, 4.69) is 10.3 Å². The van der Waals surface area contributed by atoms with Gasteiger partial charge in [-0.1, -0.05) is 30.3 Å². The molecule has 0 unspecified atom stereocenters. The van der Waals surface area contributed by atoms with Crippen LogP contribution >= 0.6 is 0 Å². The van der Waals surface area contributed by atoms with Crippen molar-refractivity contribution in [2.75, 3.05) is 5.32 Å². The van der Waals surface area contributed by atoms with Crippen LogP contribution in [0.4, 0.5) is 10.1 Å². The van der Waals surface area contributed by atoms with Crippen molar-refractivity contribution in [1.82, 2.24) is 9.55 Å². The average Bonchev–Trinajstić information content (AvgIpc) is 3.10. The van der Waals surface area contributed by atoms with Gasteiger partial charge in [-0.3, -0.25) is 9.59 Å². The molecule has 0 bridgehead atoms. The first kappa shape index (κ1) is 19.5. The number of pyridine rings is 1. The molecule has 0 aliphatic heterocycles. The number of carbonyl (C=O) groups excluding carboxylic acids is 2. The van der Waals surface area contributed by atoms with Crippen molar-refractivity contribution >= 4 is 28.4 Å². The Bertz CT molecular complexity index is 1240. The zero-order chi connectivity index (χ0) is 21.3. The molecule has 30 heavy (non-hydrogen) atoms. The number of ketones is 1. The van der Waals surface area contributed by atoms with Crippen molar-refractivity contribution in [3.8, 4) is 0 Å². The summed E-state index contributed by atoms with van der Waals surface area (Å²) in [4.78, 5) is 30.1. The Balaban J connectivity index is 1.67. The van der Waals surface area contributed by atoms with Crippen molar-refractivity contribution in [2.24, 2.45) is 0 Å². The summed E-state index contributed by atoms with van der Waals surface area (Å²) in [5.74, 6) is -1.64. The van der Waals surface area contributed by atoms with E-state index in [9.17, 15) is 14.0 Å². The maximum atomic E-state index is 13.2. The first-order valence-corrected chi connectivity index (χ1v) is 9.54. The monoisotopic (exact) mass is 401 g/mol. The molecule has 6 heteroatoms. The maximum Gasteiger partial charge on any atom is 0.296 e. The van der Waals surface area contributed by atoms with Gasteiger partial charge in [0, 0.05) is 30.0 Å². The lowest BCUT2D eigenvalue weighted by Gasteiger charge is -2.10. The number of benzene rings is 2. The number of para-hydroxylation sites is 1. The van der Waals surface area contributed by atoms with E-state index in [4.69, 9.17) is 0 Å². The number of nitrogens with zero attached hydrogens (tertiary/aromatic N) is 2. The van der Waals surface area contributed by atoms with Crippen molar-refractivity contribution in [2.45, 2.75) is 20.4 Å². The second-order valence-corrected chi connectivity index (χ2v) is 7.22. The number of anilines is 1. The van der Waals surface area contributed by atoms with E-state index < -0.39 is 11.7 Å². The zero-order valence-corrected chi connectivity index (χ0v) is 16.6. The normalized spacial score (nSPS) is 10.9. The number of Topliss-reactive ketones (excluding diaryl/α,β-unsaturated/α-hetero) is 1. The van der Waals surface area contributed by atoms with Gasteiger partial charge < -0.3 is 9.88 Å². The van der Waals surface area contributed by atoms with Crippen molar-refractivity contribution in [1.29, 1.82) is 0 Å². The molecule has 0 atom stereocenters. The van der Waals surface area contributed by atoms with E-state index in [0.717, 1.165) is 16.7 Å². The number of rotatable bonds is 5. The molecule has 4 aromatic rings. The quantitative estimate of drug-likeness (QED) is 0.391. The molecule has 1 amide bonds. The highest BCUT2D eigenvalue weighted by Crippen LogP contribution is 2.23. The predicted octanol–water partition coefficient (Wildman–Crippen LogP) is 4.66. The van der Waals surface area contributed by atoms with E-state index in [1.165, 1.54) is 12.1 Å². The Labute approximate surface area is 173 Å². The molecule has 2 aromatic carbocycles. The minimum absolute atomic E-state index is 0.281. The van der Waals surface area contributed by atoms with E-state index in [1.807, 2.05) is 32.0 Å². The van der Waals surface area contributed by atoms with Gasteiger partial charge in [0.2, 0.25) is 0 Å². The largest absolute Gasteiger partial charge is 0.327 e. The summed E-state index contributed by atoms with van der Waals surface area (Å²) in [7, 11) is 0. The molecular weight excluding hydrogens is 381 g/mol. The number of carbonyl (C=O) groups is 2. The van der Waals surface area contributed by atoms with Gasteiger partial charge in [0.25, 0.3) is 11.7 Å². The predicted molar refractivity (Wildman–Crippen MR) is 114 cm³/mol. The fraction of sp³-hybridized carbons (Fsp3) is 0.125. The third-order valence-electron chi connectivity index (χ3n) is 5.07. The number of aromatic nitrogens is 2. The maximum absolute atomic E-state index is 13.2. The van der Waals surface area contributed by atoms with Crippen molar-refractivity contribution in [3.05, 3.63) is 95.1 Å². The lowest BCUT2D eigenvalue weighted by molar-refractivity contribution is -0.112. The van der Waals surface area contributed by atoms with Crippen LogP contribution in [-0.2, 0) is 11.3 Å². The molecule has 0 spiro atoms. The standard InChI is InChI=1S/C24H20FN3O2/c1-15-5-3-6-16(2)21(15)27-24(30)22(29)20-14-28(23-19(20)7-4-12-26-23)13-17-8-10-18(25)11-9-17/h3-12,14H,13H2,1-2H3,(H,27,30). The Morgan fingerprint density at radius 2 is 1.70 bits per heavy atom. The number of halogens is 1. The Morgan fingerprint density at radius 3 is 2.40 bits per heavy atom. The van der Waals surface area contributed by atoms with Gasteiger partial charge in [-0.2, -0.15) is 0 Å². The summed E-state index contributed by atoms with van der Waals surface area (Å²) in [6.45, 7) is 4.16. The average molecular weight is 401 g/mol. The third-order valence-corrected chi connectivity index (χ3v) is 5.07. The zero-order valence-electron chi connectivity index (χ0n) is 16.6. The summed E-state index contributed by atoms with van der Waals surface area (Å²) in [6, 6.07) is 15.3. The molecule has 0 aliphatic rings.